The van der Waals surface area contributed by atoms with Gasteiger partial charge in [0.05, 0.1) is 29.1 Å². The number of hydrogen-bond acceptors (Lipinski definition) is 10. The normalized spacial score (nSPS) is 21.1. The van der Waals surface area contributed by atoms with Gasteiger partial charge in [-0.25, -0.2) is 15.0 Å². The average molecular weight is 540 g/mol. The number of anilines is 2. The lowest BCUT2D eigenvalue weighted by molar-refractivity contribution is 0.00438. The van der Waals surface area contributed by atoms with E-state index in [1.807, 2.05) is 38.2 Å². The highest BCUT2D eigenvalue weighted by molar-refractivity contribution is 7.99. The molecule has 1 atom stereocenters. The predicted molar refractivity (Wildman–Crippen MR) is 143 cm³/mol. The molecule has 1 spiro atoms. The van der Waals surface area contributed by atoms with Crippen LogP contribution in [0.4, 0.5) is 11.6 Å². The fourth-order valence-electron chi connectivity index (χ4n) is 5.23. The topological polar surface area (TPSA) is 114 Å². The summed E-state index contributed by atoms with van der Waals surface area (Å²) < 4.78 is 6.30. The molecule has 0 aliphatic carbocycles. The zero-order valence-corrected chi connectivity index (χ0v) is 22.4. The minimum Gasteiger partial charge on any atom is -0.483 e. The summed E-state index contributed by atoms with van der Waals surface area (Å²) in [6.07, 6.45) is 8.71. The maximum Gasteiger partial charge on any atom is 0.148 e. The zero-order chi connectivity index (χ0) is 25.8. The van der Waals surface area contributed by atoms with Crippen molar-refractivity contribution in [2.24, 2.45) is 11.7 Å². The third-order valence-corrected chi connectivity index (χ3v) is 9.22. The molecule has 3 aliphatic rings. The van der Waals surface area contributed by atoms with Gasteiger partial charge >= 0.3 is 0 Å². The highest BCUT2D eigenvalue weighted by Crippen LogP contribution is 2.46. The molecule has 2 fully saturated rings. The van der Waals surface area contributed by atoms with Crippen LogP contribution in [-0.2, 0) is 0 Å². The summed E-state index contributed by atoms with van der Waals surface area (Å²) in [6.45, 7) is 6.71. The number of hydrogen-bond donors (Lipinski definition) is 2. The molecule has 3 aliphatic heterocycles. The van der Waals surface area contributed by atoms with Crippen molar-refractivity contribution in [1.29, 1.82) is 0 Å². The van der Waals surface area contributed by atoms with E-state index in [2.05, 4.69) is 29.7 Å². The van der Waals surface area contributed by atoms with Crippen molar-refractivity contribution in [3.63, 3.8) is 0 Å². The summed E-state index contributed by atoms with van der Waals surface area (Å²) in [6, 6.07) is 5.50. The molecule has 0 unspecified atom stereocenters. The van der Waals surface area contributed by atoms with E-state index in [0.29, 0.717) is 5.02 Å². The van der Waals surface area contributed by atoms with Crippen LogP contribution in [0.3, 0.4) is 0 Å². The maximum absolute atomic E-state index is 10.2. The lowest BCUT2D eigenvalue weighted by Crippen LogP contribution is -2.56. The molecule has 3 aromatic rings. The molecule has 37 heavy (non-hydrogen) atoms. The summed E-state index contributed by atoms with van der Waals surface area (Å²) in [7, 11) is 0. The molecule has 3 aromatic heterocycles. The maximum atomic E-state index is 10.2. The van der Waals surface area contributed by atoms with Crippen molar-refractivity contribution in [2.45, 2.75) is 53.9 Å². The highest BCUT2D eigenvalue weighted by atomic mass is 35.5. The SMILES string of the molecule is CC(C)(O)C1CN(c2nccc(Sc3cnc(N4CCC5(CC4)Oc4cccnc4[C@H]5N)cn3)c2Cl)C1. The van der Waals surface area contributed by atoms with Crippen LogP contribution in [0.15, 0.2) is 52.9 Å². The fourth-order valence-corrected chi connectivity index (χ4v) is 6.33. The van der Waals surface area contributed by atoms with Crippen molar-refractivity contribution in [2.75, 3.05) is 36.0 Å². The first-order chi connectivity index (χ1) is 17.7. The minimum absolute atomic E-state index is 0.202. The van der Waals surface area contributed by atoms with Crippen LogP contribution in [0.5, 0.6) is 5.75 Å². The van der Waals surface area contributed by atoms with E-state index < -0.39 is 11.2 Å². The second-order valence-electron chi connectivity index (χ2n) is 10.5. The minimum atomic E-state index is -0.708. The van der Waals surface area contributed by atoms with Gasteiger partial charge in [0.1, 0.15) is 33.7 Å². The smallest absolute Gasteiger partial charge is 0.148 e. The second kappa shape index (κ2) is 9.27. The Bertz CT molecular complexity index is 1290. The third-order valence-electron chi connectivity index (χ3n) is 7.75. The standard InChI is InChI=1S/C26H30ClN7O2S/c1-25(2,35)16-14-34(15-16)24-21(27)18(5-9-30-24)37-20-13-31-19(12-32-20)33-10-6-26(7-11-33)23(28)22-17(36-26)4-3-8-29-22/h3-5,8-9,12-13,16,23,35H,6-7,10-11,14-15,28H2,1-2H3/t23-/m1/s1. The van der Waals surface area contributed by atoms with Crippen molar-refractivity contribution in [3.05, 3.63) is 53.7 Å². The Hall–Kier alpha value is -2.66. The molecule has 3 N–H and O–H groups in total. The monoisotopic (exact) mass is 539 g/mol. The Morgan fingerprint density at radius 3 is 2.54 bits per heavy atom. The quantitative estimate of drug-likeness (QED) is 0.497. The molecule has 0 aromatic carbocycles. The number of pyridine rings is 2. The third kappa shape index (κ3) is 4.50. The largest absolute Gasteiger partial charge is 0.483 e. The van der Waals surface area contributed by atoms with Crippen molar-refractivity contribution in [3.8, 4) is 5.75 Å². The summed E-state index contributed by atoms with van der Waals surface area (Å²) >= 11 is 8.18. The van der Waals surface area contributed by atoms with Gasteiger partial charge in [0.25, 0.3) is 0 Å². The fraction of sp³-hybridized carbons (Fsp3) is 0.462. The molecule has 11 heteroatoms. The Kier molecular flexibility index (Phi) is 6.18. The van der Waals surface area contributed by atoms with E-state index in [1.54, 1.807) is 18.6 Å². The number of nitrogens with zero attached hydrogens (tertiary/aromatic N) is 6. The Morgan fingerprint density at radius 1 is 1.08 bits per heavy atom. The molecule has 194 valence electrons. The van der Waals surface area contributed by atoms with Gasteiger partial charge in [-0.05, 0) is 32.0 Å². The number of fused-ring (bicyclic) bond motifs is 1. The molecule has 0 amide bonds. The number of rotatable bonds is 5. The van der Waals surface area contributed by atoms with Gasteiger partial charge in [-0.1, -0.05) is 23.4 Å². The number of aromatic nitrogens is 4. The van der Waals surface area contributed by atoms with Crippen LogP contribution in [0.25, 0.3) is 0 Å². The lowest BCUT2D eigenvalue weighted by Gasteiger charge is -2.46. The number of piperidine rings is 1. The number of ether oxygens (including phenoxy) is 1. The Labute approximate surface area is 225 Å². The van der Waals surface area contributed by atoms with Crippen LogP contribution < -0.4 is 20.3 Å². The van der Waals surface area contributed by atoms with Crippen LogP contribution in [0.2, 0.25) is 5.02 Å². The van der Waals surface area contributed by atoms with Crippen LogP contribution >= 0.6 is 23.4 Å². The molecule has 0 radical (unpaired) electrons. The van der Waals surface area contributed by atoms with Crippen LogP contribution in [0.1, 0.15) is 38.4 Å². The molecule has 9 nitrogen and oxygen atoms in total. The lowest BCUT2D eigenvalue weighted by atomic mass is 9.84. The first kappa shape index (κ1) is 24.7. The number of nitrogens with two attached hydrogens (primary N) is 1. The van der Waals surface area contributed by atoms with Crippen molar-refractivity contribution >= 4 is 35.0 Å². The van der Waals surface area contributed by atoms with Gasteiger partial charge in [-0.3, -0.25) is 4.98 Å². The Balaban J connectivity index is 1.09. The van der Waals surface area contributed by atoms with E-state index in [0.717, 1.165) is 72.0 Å². The predicted octanol–water partition coefficient (Wildman–Crippen LogP) is 3.71. The molecular weight excluding hydrogens is 510 g/mol. The molecule has 0 bridgehead atoms. The summed E-state index contributed by atoms with van der Waals surface area (Å²) in [4.78, 5) is 23.4. The first-order valence-electron chi connectivity index (χ1n) is 12.5. The van der Waals surface area contributed by atoms with Gasteiger partial charge in [0, 0.05) is 62.2 Å². The molecule has 0 saturated carbocycles. The van der Waals surface area contributed by atoms with Gasteiger partial charge in [0.15, 0.2) is 0 Å². The molecule has 6 rings (SSSR count). The first-order valence-corrected chi connectivity index (χ1v) is 13.7. The summed E-state index contributed by atoms with van der Waals surface area (Å²) in [5.74, 6) is 2.58. The summed E-state index contributed by atoms with van der Waals surface area (Å²) in [5.41, 5.74) is 6.28. The van der Waals surface area contributed by atoms with Crippen LogP contribution in [-0.4, -0.2) is 62.4 Å². The summed E-state index contributed by atoms with van der Waals surface area (Å²) in [5, 5.41) is 11.6. The zero-order valence-electron chi connectivity index (χ0n) is 20.8. The molecule has 2 saturated heterocycles. The van der Waals surface area contributed by atoms with E-state index in [-0.39, 0.29) is 12.0 Å². The van der Waals surface area contributed by atoms with E-state index in [9.17, 15) is 5.11 Å². The van der Waals surface area contributed by atoms with Gasteiger partial charge in [-0.15, -0.1) is 0 Å². The van der Waals surface area contributed by atoms with Gasteiger partial charge in [-0.2, -0.15) is 0 Å². The van der Waals surface area contributed by atoms with Crippen molar-refractivity contribution in [1.82, 2.24) is 19.9 Å². The second-order valence-corrected chi connectivity index (χ2v) is 12.0. The molecule has 6 heterocycles. The van der Waals surface area contributed by atoms with E-state index in [4.69, 9.17) is 22.1 Å². The number of halogens is 1. The number of aliphatic hydroxyl groups is 1. The van der Waals surface area contributed by atoms with E-state index >= 15 is 0 Å². The highest BCUT2D eigenvalue weighted by Gasteiger charge is 2.49. The van der Waals surface area contributed by atoms with Crippen LogP contribution in [0, 0.1) is 5.92 Å². The van der Waals surface area contributed by atoms with Gasteiger partial charge < -0.3 is 25.4 Å². The Morgan fingerprint density at radius 2 is 1.86 bits per heavy atom. The average Bonchev–Trinajstić information content (AvgIpc) is 3.12. The van der Waals surface area contributed by atoms with Crippen molar-refractivity contribution < 1.29 is 9.84 Å². The van der Waals surface area contributed by atoms with Gasteiger partial charge in [0.2, 0.25) is 0 Å². The molecular formula is C26H30ClN7O2S. The van der Waals surface area contributed by atoms with E-state index in [1.165, 1.54) is 11.8 Å².